The van der Waals surface area contributed by atoms with E-state index in [2.05, 4.69) is 21.4 Å². The number of nitrogens with zero attached hydrogens (tertiary/aromatic N) is 3. The van der Waals surface area contributed by atoms with Gasteiger partial charge in [0.15, 0.2) is 6.73 Å². The summed E-state index contributed by atoms with van der Waals surface area (Å²) in [4.78, 5) is 14.4. The molecule has 0 unspecified atom stereocenters. The number of aryl methyl sites for hydroxylation is 2. The first-order chi connectivity index (χ1) is 9.81. The van der Waals surface area contributed by atoms with Crippen molar-refractivity contribution < 1.29 is 9.53 Å². The molecule has 6 nitrogen and oxygen atoms in total. The lowest BCUT2D eigenvalue weighted by molar-refractivity contribution is -0.121. The molecule has 1 aromatic carbocycles. The van der Waals surface area contributed by atoms with Crippen LogP contribution in [0.25, 0.3) is 10.4 Å². The van der Waals surface area contributed by atoms with E-state index >= 15 is 0 Å². The summed E-state index contributed by atoms with van der Waals surface area (Å²) in [6.07, 6.45) is 0.352. The van der Waals surface area contributed by atoms with Crippen LogP contribution in [-0.4, -0.2) is 19.7 Å². The molecule has 0 heterocycles. The van der Waals surface area contributed by atoms with Gasteiger partial charge in [0.25, 0.3) is 0 Å². The van der Waals surface area contributed by atoms with Crippen LogP contribution >= 0.6 is 0 Å². The summed E-state index contributed by atoms with van der Waals surface area (Å²) in [5.41, 5.74) is 11.1. The highest BCUT2D eigenvalue weighted by molar-refractivity contribution is 5.77. The van der Waals surface area contributed by atoms with Crippen LogP contribution in [0.2, 0.25) is 0 Å². The van der Waals surface area contributed by atoms with Gasteiger partial charge < -0.3 is 10.1 Å². The van der Waals surface area contributed by atoms with Gasteiger partial charge in [-0.15, -0.1) is 0 Å². The number of nitrogens with one attached hydrogen (secondary N) is 1. The van der Waals surface area contributed by atoms with Crippen molar-refractivity contribution in [3.8, 4) is 5.75 Å². The summed E-state index contributed by atoms with van der Waals surface area (Å²) in [6.45, 7) is 7.90. The molecule has 0 aliphatic carbocycles. The van der Waals surface area contributed by atoms with Crippen molar-refractivity contribution in [2.75, 3.05) is 13.8 Å². The Morgan fingerprint density at radius 2 is 1.96 bits per heavy atom. The highest BCUT2D eigenvalue weighted by atomic mass is 16.5. The minimum atomic E-state index is -0.385. The van der Waals surface area contributed by atoms with Crippen LogP contribution in [0.4, 0.5) is 0 Å². The molecule has 1 amide bonds. The summed E-state index contributed by atoms with van der Waals surface area (Å²) in [6, 6.07) is 3.96. The van der Waals surface area contributed by atoms with Crippen molar-refractivity contribution >= 4 is 5.91 Å². The van der Waals surface area contributed by atoms with E-state index < -0.39 is 0 Å². The topological polar surface area (TPSA) is 87.1 Å². The van der Waals surface area contributed by atoms with E-state index in [4.69, 9.17) is 10.3 Å². The number of hydrogen-bond acceptors (Lipinski definition) is 3. The van der Waals surface area contributed by atoms with Crippen LogP contribution < -0.4 is 10.1 Å². The van der Waals surface area contributed by atoms with Gasteiger partial charge in [-0.3, -0.25) is 4.79 Å². The third-order valence-electron chi connectivity index (χ3n) is 3.34. The van der Waals surface area contributed by atoms with E-state index in [1.54, 1.807) is 7.05 Å². The molecule has 0 aliphatic heterocycles. The first-order valence-corrected chi connectivity index (χ1v) is 6.77. The van der Waals surface area contributed by atoms with Gasteiger partial charge in [0.2, 0.25) is 5.91 Å². The van der Waals surface area contributed by atoms with Gasteiger partial charge in [0.05, 0.1) is 0 Å². The van der Waals surface area contributed by atoms with Gasteiger partial charge in [0, 0.05) is 29.4 Å². The molecule has 23 heavy (non-hydrogen) atoms. The van der Waals surface area contributed by atoms with Crippen molar-refractivity contribution in [3.63, 3.8) is 0 Å². The Morgan fingerprint density at radius 1 is 1.35 bits per heavy atom. The number of amides is 1. The maximum Gasteiger partial charge on any atom is 0.220 e. The maximum atomic E-state index is 11.7. The molecule has 0 fully saturated rings. The minimum Gasteiger partial charge on any atom is -0.487 e. The quantitative estimate of drug-likeness (QED) is 0.470. The maximum absolute atomic E-state index is 11.7. The largest absolute Gasteiger partial charge is 0.487 e. The van der Waals surface area contributed by atoms with Gasteiger partial charge in [-0.05, 0) is 36.6 Å². The van der Waals surface area contributed by atoms with E-state index in [0.717, 1.165) is 16.7 Å². The normalized spacial score (nSPS) is 9.78. The fourth-order valence-electron chi connectivity index (χ4n) is 2.61. The molecule has 0 spiro atoms. The zero-order valence-corrected chi connectivity index (χ0v) is 13.2. The Bertz CT molecular complexity index is 576. The highest BCUT2D eigenvalue weighted by Gasteiger charge is 2.29. The second kappa shape index (κ2) is 9.74. The summed E-state index contributed by atoms with van der Waals surface area (Å²) in [7, 11) is 1.62. The van der Waals surface area contributed by atoms with Gasteiger partial charge in [-0.1, -0.05) is 39.9 Å². The smallest absolute Gasteiger partial charge is 0.220 e. The summed E-state index contributed by atoms with van der Waals surface area (Å²) < 4.78 is 5.59. The van der Waals surface area contributed by atoms with Crippen molar-refractivity contribution in [1.82, 2.24) is 5.32 Å². The minimum absolute atomic E-state index is 0. The highest BCUT2D eigenvalue weighted by Crippen LogP contribution is 2.37. The van der Waals surface area contributed by atoms with Crippen LogP contribution in [0.1, 0.15) is 51.8 Å². The Balaban J connectivity index is 0. The van der Waals surface area contributed by atoms with Crippen LogP contribution in [0, 0.1) is 13.8 Å². The molecule has 0 aliphatic rings. The summed E-state index contributed by atoms with van der Waals surface area (Å²) in [5, 5.41) is 6.05. The standard InChI is InChI=1S/C15H22N4O2.2CH4/c1-10-6-11(2)14(12(7-10)21-9-18-19-16)15(3,4)8-13(20)17-5;;/h6-7H,8-9H2,1-5H3,(H,17,20);2*1H4. The number of ether oxygens (including phenoxy) is 1. The zero-order chi connectivity index (χ0) is 16.0. The second-order valence-electron chi connectivity index (χ2n) is 5.69. The molecule has 0 atom stereocenters. The first-order valence-electron chi connectivity index (χ1n) is 6.77. The van der Waals surface area contributed by atoms with Gasteiger partial charge in [-0.2, -0.15) is 0 Å². The third-order valence-corrected chi connectivity index (χ3v) is 3.34. The van der Waals surface area contributed by atoms with Crippen molar-refractivity contribution in [2.45, 2.75) is 54.4 Å². The molecule has 0 saturated heterocycles. The van der Waals surface area contributed by atoms with Gasteiger partial charge >= 0.3 is 0 Å². The number of carbonyl (C=O) groups is 1. The van der Waals surface area contributed by atoms with Crippen LogP contribution in [0.15, 0.2) is 17.2 Å². The molecule has 1 rings (SSSR count). The van der Waals surface area contributed by atoms with E-state index in [1.165, 1.54) is 0 Å². The molecule has 0 radical (unpaired) electrons. The predicted octanol–water partition coefficient (Wildman–Crippen LogP) is 4.64. The number of benzene rings is 1. The second-order valence-corrected chi connectivity index (χ2v) is 5.69. The fraction of sp³-hybridized carbons (Fsp3) is 0.588. The lowest BCUT2D eigenvalue weighted by atomic mass is 9.78. The molecule has 1 N–H and O–H groups in total. The fourth-order valence-corrected chi connectivity index (χ4v) is 2.61. The molecular weight excluding hydrogens is 292 g/mol. The van der Waals surface area contributed by atoms with Crippen molar-refractivity contribution in [3.05, 3.63) is 39.3 Å². The Hall–Kier alpha value is -2.20. The van der Waals surface area contributed by atoms with Crippen molar-refractivity contribution in [2.24, 2.45) is 5.11 Å². The molecular formula is C17H30N4O2. The summed E-state index contributed by atoms with van der Waals surface area (Å²) in [5.74, 6) is 0.634. The molecule has 130 valence electrons. The van der Waals surface area contributed by atoms with Crippen LogP contribution in [0.5, 0.6) is 5.75 Å². The summed E-state index contributed by atoms with van der Waals surface area (Å²) >= 11 is 0. The number of hydrogen-bond donors (Lipinski definition) is 1. The van der Waals surface area contributed by atoms with E-state index in [1.807, 2.05) is 33.8 Å². The predicted molar refractivity (Wildman–Crippen MR) is 95.7 cm³/mol. The van der Waals surface area contributed by atoms with Crippen LogP contribution in [0.3, 0.4) is 0 Å². The monoisotopic (exact) mass is 322 g/mol. The van der Waals surface area contributed by atoms with Gasteiger partial charge in [0.1, 0.15) is 5.75 Å². The van der Waals surface area contributed by atoms with Gasteiger partial charge in [-0.25, -0.2) is 0 Å². The number of rotatable bonds is 6. The van der Waals surface area contributed by atoms with Crippen molar-refractivity contribution in [1.29, 1.82) is 0 Å². The van der Waals surface area contributed by atoms with E-state index in [-0.39, 0.29) is 32.9 Å². The average molecular weight is 322 g/mol. The van der Waals surface area contributed by atoms with Crippen LogP contribution in [-0.2, 0) is 10.2 Å². The zero-order valence-electron chi connectivity index (χ0n) is 13.2. The third kappa shape index (κ3) is 6.20. The first kappa shape index (κ1) is 23.1. The molecule has 6 heteroatoms. The lowest BCUT2D eigenvalue weighted by Gasteiger charge is -2.29. The molecule has 0 saturated carbocycles. The number of azide groups is 1. The number of carbonyl (C=O) groups excluding carboxylic acids is 1. The Kier molecular flexibility index (Phi) is 9.77. The molecule has 0 aromatic heterocycles. The molecule has 1 aromatic rings. The Morgan fingerprint density at radius 3 is 2.48 bits per heavy atom. The Labute approximate surface area is 139 Å². The SMILES string of the molecule is C.C.CNC(=O)CC(C)(C)c1c(C)cc(C)cc1OCN=[N+]=[N-]. The average Bonchev–Trinajstić information content (AvgIpc) is 2.37. The lowest BCUT2D eigenvalue weighted by Crippen LogP contribution is -2.29. The molecule has 0 bridgehead atoms. The van der Waals surface area contributed by atoms with E-state index in [9.17, 15) is 4.79 Å². The van der Waals surface area contributed by atoms with E-state index in [0.29, 0.717) is 12.2 Å².